The van der Waals surface area contributed by atoms with Gasteiger partial charge in [0, 0.05) is 6.04 Å². The van der Waals surface area contributed by atoms with Crippen molar-refractivity contribution in [3.8, 4) is 0 Å². The zero-order valence-corrected chi connectivity index (χ0v) is 10.6. The van der Waals surface area contributed by atoms with Gasteiger partial charge >= 0.3 is 0 Å². The fourth-order valence-electron chi connectivity index (χ4n) is 3.82. The third-order valence-electron chi connectivity index (χ3n) is 4.78. The Morgan fingerprint density at radius 1 is 1.29 bits per heavy atom. The first-order chi connectivity index (χ1) is 8.22. The van der Waals surface area contributed by atoms with E-state index in [1.165, 1.54) is 37.7 Å². The van der Waals surface area contributed by atoms with Crippen LogP contribution in [0.1, 0.15) is 44.9 Å². The highest BCUT2D eigenvalue weighted by Gasteiger charge is 2.29. The molecule has 0 amide bonds. The molecule has 3 aliphatic carbocycles. The molecule has 0 radical (unpaired) electrons. The highest BCUT2D eigenvalue weighted by molar-refractivity contribution is 5.30. The lowest BCUT2D eigenvalue weighted by Crippen LogP contribution is -2.15. The topological polar surface area (TPSA) is 26.0 Å². The van der Waals surface area contributed by atoms with Crippen LogP contribution in [0.15, 0.2) is 35.5 Å². The van der Waals surface area contributed by atoms with Crippen molar-refractivity contribution in [3.63, 3.8) is 0 Å². The van der Waals surface area contributed by atoms with Crippen molar-refractivity contribution in [2.75, 3.05) is 0 Å². The van der Waals surface area contributed by atoms with Crippen LogP contribution in [0.3, 0.4) is 0 Å². The molecule has 3 unspecified atom stereocenters. The molecule has 0 aliphatic heterocycles. The standard InChI is InChI=1S/C16H23N/c1-11-7-16(17)10-15(11)9-12-5-6-13-3-2-4-14(13)8-12/h5-6,14-16H,1-4,7-10,17H2. The predicted octanol–water partition coefficient (Wildman–Crippen LogP) is 3.73. The number of nitrogens with two attached hydrogens (primary N) is 1. The SMILES string of the molecule is C=C1CC(N)CC1CC1=CC=C2CCCC2C1. The third-order valence-corrected chi connectivity index (χ3v) is 4.78. The zero-order chi connectivity index (χ0) is 11.8. The smallest absolute Gasteiger partial charge is 0.00819 e. The fraction of sp³-hybridized carbons (Fsp3) is 0.625. The van der Waals surface area contributed by atoms with Crippen LogP contribution in [0.4, 0.5) is 0 Å². The Bertz CT molecular complexity index is 388. The molecule has 3 atom stereocenters. The Morgan fingerprint density at radius 3 is 2.94 bits per heavy atom. The molecule has 2 saturated carbocycles. The van der Waals surface area contributed by atoms with E-state index in [0.29, 0.717) is 12.0 Å². The van der Waals surface area contributed by atoms with Gasteiger partial charge in [-0.15, -0.1) is 0 Å². The molecule has 0 saturated heterocycles. The summed E-state index contributed by atoms with van der Waals surface area (Å²) < 4.78 is 0. The summed E-state index contributed by atoms with van der Waals surface area (Å²) in [5, 5.41) is 0. The second kappa shape index (κ2) is 4.45. The quantitative estimate of drug-likeness (QED) is 0.717. The highest BCUT2D eigenvalue weighted by Crippen LogP contribution is 2.42. The molecule has 0 bridgehead atoms. The second-order valence-corrected chi connectivity index (χ2v) is 6.12. The van der Waals surface area contributed by atoms with E-state index in [-0.39, 0.29) is 0 Å². The molecule has 17 heavy (non-hydrogen) atoms. The average Bonchev–Trinajstić information content (AvgIpc) is 2.85. The minimum absolute atomic E-state index is 0.370. The summed E-state index contributed by atoms with van der Waals surface area (Å²) >= 11 is 0. The number of allylic oxidation sites excluding steroid dienone is 4. The molecule has 92 valence electrons. The van der Waals surface area contributed by atoms with E-state index >= 15 is 0 Å². The molecule has 0 aromatic rings. The number of rotatable bonds is 2. The Morgan fingerprint density at radius 2 is 2.18 bits per heavy atom. The van der Waals surface area contributed by atoms with E-state index < -0.39 is 0 Å². The summed E-state index contributed by atoms with van der Waals surface area (Å²) in [6.07, 6.45) is 13.7. The fourth-order valence-corrected chi connectivity index (χ4v) is 3.82. The Kier molecular flexibility index (Phi) is 2.96. The van der Waals surface area contributed by atoms with Gasteiger partial charge in [-0.2, -0.15) is 0 Å². The van der Waals surface area contributed by atoms with Gasteiger partial charge in [0.15, 0.2) is 0 Å². The van der Waals surface area contributed by atoms with Crippen molar-refractivity contribution in [2.24, 2.45) is 17.6 Å². The molecule has 0 heterocycles. The van der Waals surface area contributed by atoms with Crippen molar-refractivity contribution >= 4 is 0 Å². The van der Waals surface area contributed by atoms with Crippen LogP contribution in [-0.2, 0) is 0 Å². The van der Waals surface area contributed by atoms with E-state index in [9.17, 15) is 0 Å². The Hall–Kier alpha value is -0.820. The van der Waals surface area contributed by atoms with Crippen molar-refractivity contribution < 1.29 is 0 Å². The largest absolute Gasteiger partial charge is 0.327 e. The van der Waals surface area contributed by atoms with Crippen LogP contribution in [0.2, 0.25) is 0 Å². The molecule has 0 aromatic heterocycles. The van der Waals surface area contributed by atoms with Gasteiger partial charge in [-0.25, -0.2) is 0 Å². The highest BCUT2D eigenvalue weighted by atomic mass is 14.7. The molecular weight excluding hydrogens is 206 g/mol. The Labute approximate surface area is 104 Å². The van der Waals surface area contributed by atoms with Crippen molar-refractivity contribution in [1.29, 1.82) is 0 Å². The van der Waals surface area contributed by atoms with Gasteiger partial charge in [-0.05, 0) is 56.8 Å². The summed E-state index contributed by atoms with van der Waals surface area (Å²) in [5.41, 5.74) is 10.7. The van der Waals surface area contributed by atoms with Gasteiger partial charge in [-0.1, -0.05) is 35.5 Å². The first kappa shape index (κ1) is 11.3. The van der Waals surface area contributed by atoms with E-state index in [1.807, 2.05) is 0 Å². The van der Waals surface area contributed by atoms with Crippen molar-refractivity contribution in [2.45, 2.75) is 51.0 Å². The van der Waals surface area contributed by atoms with Crippen LogP contribution in [0.25, 0.3) is 0 Å². The molecule has 0 aromatic carbocycles. The summed E-state index contributed by atoms with van der Waals surface area (Å²) in [6, 6.07) is 0.370. The third kappa shape index (κ3) is 2.26. The number of hydrogen-bond acceptors (Lipinski definition) is 1. The number of fused-ring (bicyclic) bond motifs is 1. The predicted molar refractivity (Wildman–Crippen MR) is 72.6 cm³/mol. The molecule has 1 nitrogen and oxygen atoms in total. The first-order valence-corrected chi connectivity index (χ1v) is 7.04. The summed E-state index contributed by atoms with van der Waals surface area (Å²) in [6.45, 7) is 4.20. The van der Waals surface area contributed by atoms with E-state index in [1.54, 1.807) is 11.1 Å². The van der Waals surface area contributed by atoms with Gasteiger partial charge in [0.05, 0.1) is 0 Å². The zero-order valence-electron chi connectivity index (χ0n) is 10.6. The summed E-state index contributed by atoms with van der Waals surface area (Å²) in [7, 11) is 0. The molecule has 0 spiro atoms. The maximum Gasteiger partial charge on any atom is 0.00819 e. The monoisotopic (exact) mass is 229 g/mol. The maximum atomic E-state index is 6.01. The average molecular weight is 229 g/mol. The normalized spacial score (nSPS) is 36.8. The van der Waals surface area contributed by atoms with E-state index in [2.05, 4.69) is 18.7 Å². The van der Waals surface area contributed by atoms with Gasteiger partial charge in [0.1, 0.15) is 0 Å². The van der Waals surface area contributed by atoms with Crippen LogP contribution in [0.5, 0.6) is 0 Å². The van der Waals surface area contributed by atoms with Crippen molar-refractivity contribution in [1.82, 2.24) is 0 Å². The maximum absolute atomic E-state index is 6.01. The van der Waals surface area contributed by atoms with Crippen LogP contribution in [0, 0.1) is 11.8 Å². The van der Waals surface area contributed by atoms with Gasteiger partial charge in [0.25, 0.3) is 0 Å². The molecule has 3 aliphatic rings. The summed E-state index contributed by atoms with van der Waals surface area (Å²) in [4.78, 5) is 0. The van der Waals surface area contributed by atoms with Gasteiger partial charge < -0.3 is 5.73 Å². The van der Waals surface area contributed by atoms with Crippen molar-refractivity contribution in [3.05, 3.63) is 35.5 Å². The Balaban J connectivity index is 1.65. The van der Waals surface area contributed by atoms with Crippen LogP contribution in [-0.4, -0.2) is 6.04 Å². The van der Waals surface area contributed by atoms with Crippen LogP contribution < -0.4 is 5.73 Å². The lowest BCUT2D eigenvalue weighted by atomic mass is 9.84. The molecular formula is C16H23N. The lowest BCUT2D eigenvalue weighted by molar-refractivity contribution is 0.538. The number of hydrogen-bond donors (Lipinski definition) is 1. The second-order valence-electron chi connectivity index (χ2n) is 6.12. The molecule has 2 fully saturated rings. The van der Waals surface area contributed by atoms with Gasteiger partial charge in [-0.3, -0.25) is 0 Å². The molecule has 1 heteroatoms. The summed E-state index contributed by atoms with van der Waals surface area (Å²) in [5.74, 6) is 1.53. The molecule has 2 N–H and O–H groups in total. The first-order valence-electron chi connectivity index (χ1n) is 7.04. The van der Waals surface area contributed by atoms with E-state index in [4.69, 9.17) is 5.73 Å². The minimum atomic E-state index is 0.370. The van der Waals surface area contributed by atoms with Gasteiger partial charge in [0.2, 0.25) is 0 Å². The lowest BCUT2D eigenvalue weighted by Gasteiger charge is -2.21. The van der Waals surface area contributed by atoms with Crippen LogP contribution >= 0.6 is 0 Å². The van der Waals surface area contributed by atoms with E-state index in [0.717, 1.165) is 18.8 Å². The molecule has 3 rings (SSSR count). The minimum Gasteiger partial charge on any atom is -0.327 e.